The first-order valence-electron chi connectivity index (χ1n) is 12.5. The topological polar surface area (TPSA) is 135 Å². The molecule has 1 fully saturated rings. The van der Waals surface area contributed by atoms with Crippen LogP contribution in [0.3, 0.4) is 0 Å². The van der Waals surface area contributed by atoms with Crippen molar-refractivity contribution in [3.05, 3.63) is 42.2 Å². The fraction of sp³-hybridized carbons (Fsp3) is 0.385. The number of likely N-dealkylation sites (N-methyl/N-ethyl adjacent to an activating group) is 2. The van der Waals surface area contributed by atoms with E-state index in [9.17, 15) is 4.79 Å². The number of anilines is 4. The molecule has 0 bridgehead atoms. The van der Waals surface area contributed by atoms with E-state index in [1.165, 1.54) is 12.4 Å². The van der Waals surface area contributed by atoms with E-state index in [0.29, 0.717) is 62.7 Å². The minimum absolute atomic E-state index is 0.163. The van der Waals surface area contributed by atoms with Crippen molar-refractivity contribution in [3.8, 4) is 11.4 Å². The summed E-state index contributed by atoms with van der Waals surface area (Å²) in [5, 5.41) is 8.79. The fourth-order valence-electron chi connectivity index (χ4n) is 4.08. The Morgan fingerprint density at radius 2 is 1.69 bits per heavy atom. The summed E-state index contributed by atoms with van der Waals surface area (Å²) in [6.07, 6.45) is 2.72. The zero-order chi connectivity index (χ0) is 27.9. The molecule has 0 radical (unpaired) electrons. The molecule has 0 saturated carbocycles. The predicted molar refractivity (Wildman–Crippen MR) is 152 cm³/mol. The van der Waals surface area contributed by atoms with Gasteiger partial charge in [-0.3, -0.25) is 15.0 Å². The van der Waals surface area contributed by atoms with Crippen molar-refractivity contribution in [2.24, 2.45) is 4.99 Å². The van der Waals surface area contributed by atoms with Gasteiger partial charge in [-0.25, -0.2) is 25.4 Å². The SMILES string of the molecule is C=Nc1c(N(C)CCN(C)c2ncc(C(=O)NO)cn2)nc(-c2ccc(N(C)C)cc2)nc1N1CCOCC1. The molecule has 39 heavy (non-hydrogen) atoms. The van der Waals surface area contributed by atoms with E-state index >= 15 is 0 Å². The number of amides is 1. The largest absolute Gasteiger partial charge is 0.378 e. The lowest BCUT2D eigenvalue weighted by molar-refractivity contribution is 0.0705. The normalized spacial score (nSPS) is 13.1. The van der Waals surface area contributed by atoms with Gasteiger partial charge in [0.15, 0.2) is 17.5 Å². The Balaban J connectivity index is 1.61. The van der Waals surface area contributed by atoms with Crippen LogP contribution in [0.15, 0.2) is 41.7 Å². The van der Waals surface area contributed by atoms with E-state index in [2.05, 4.69) is 26.6 Å². The lowest BCUT2D eigenvalue weighted by Crippen LogP contribution is -2.37. The number of aliphatic imine (C=N–C) groups is 1. The van der Waals surface area contributed by atoms with E-state index in [1.54, 1.807) is 5.48 Å². The minimum Gasteiger partial charge on any atom is -0.378 e. The Morgan fingerprint density at radius 1 is 1.05 bits per heavy atom. The molecule has 0 unspecified atom stereocenters. The molecule has 3 heterocycles. The Morgan fingerprint density at radius 3 is 2.28 bits per heavy atom. The van der Waals surface area contributed by atoms with E-state index in [-0.39, 0.29) is 5.56 Å². The average molecular weight is 535 g/mol. The summed E-state index contributed by atoms with van der Waals surface area (Å²) in [7, 11) is 7.81. The second kappa shape index (κ2) is 12.5. The molecular weight excluding hydrogens is 500 g/mol. The molecule has 13 heteroatoms. The standard InChI is InChI=1S/C26H34N10O3/c1-27-21-23(34(4)10-11-35(5)26-28-16-19(17-29-26)25(37)32-38)30-22(18-6-8-20(9-7-18)33(2)3)31-24(21)36-12-14-39-15-13-36/h6-9,16-17,38H,1,10-15H2,2-5H3,(H,32,37). The zero-order valence-corrected chi connectivity index (χ0v) is 22.7. The second-order valence-electron chi connectivity index (χ2n) is 9.30. The van der Waals surface area contributed by atoms with Gasteiger partial charge in [0.05, 0.1) is 18.8 Å². The molecule has 1 amide bonds. The molecule has 1 aromatic carbocycles. The number of hydroxylamine groups is 1. The molecule has 0 spiro atoms. The highest BCUT2D eigenvalue weighted by Gasteiger charge is 2.24. The molecule has 2 aromatic heterocycles. The van der Waals surface area contributed by atoms with Crippen molar-refractivity contribution in [3.63, 3.8) is 0 Å². The van der Waals surface area contributed by atoms with Gasteiger partial charge in [0.25, 0.3) is 5.91 Å². The van der Waals surface area contributed by atoms with Crippen LogP contribution in [0.2, 0.25) is 0 Å². The zero-order valence-electron chi connectivity index (χ0n) is 22.7. The van der Waals surface area contributed by atoms with Crippen molar-refractivity contribution in [1.82, 2.24) is 25.4 Å². The summed E-state index contributed by atoms with van der Waals surface area (Å²) >= 11 is 0. The maximum absolute atomic E-state index is 11.5. The Bertz CT molecular complexity index is 1280. The molecule has 0 atom stereocenters. The average Bonchev–Trinajstić information content (AvgIpc) is 2.99. The molecule has 1 aliphatic rings. The third-order valence-electron chi connectivity index (χ3n) is 6.43. The van der Waals surface area contributed by atoms with Crippen molar-refractivity contribution in [1.29, 1.82) is 0 Å². The summed E-state index contributed by atoms with van der Waals surface area (Å²) in [4.78, 5) is 42.3. The van der Waals surface area contributed by atoms with Crippen LogP contribution < -0.4 is 25.1 Å². The number of aromatic nitrogens is 4. The van der Waals surface area contributed by atoms with Gasteiger partial charge >= 0.3 is 0 Å². The highest BCUT2D eigenvalue weighted by atomic mass is 16.5. The van der Waals surface area contributed by atoms with Crippen molar-refractivity contribution in [2.45, 2.75) is 0 Å². The number of hydrogen-bond donors (Lipinski definition) is 2. The number of ether oxygens (including phenoxy) is 1. The van der Waals surface area contributed by atoms with Crippen LogP contribution in [-0.2, 0) is 4.74 Å². The first-order chi connectivity index (χ1) is 18.8. The van der Waals surface area contributed by atoms with Gasteiger partial charge in [-0.15, -0.1) is 0 Å². The lowest BCUT2D eigenvalue weighted by Gasteiger charge is -2.31. The van der Waals surface area contributed by atoms with Gasteiger partial charge in [-0.2, -0.15) is 0 Å². The van der Waals surface area contributed by atoms with Crippen LogP contribution in [0, 0.1) is 0 Å². The highest BCUT2D eigenvalue weighted by molar-refractivity contribution is 5.92. The Hall–Kier alpha value is -4.36. The molecule has 1 aliphatic heterocycles. The van der Waals surface area contributed by atoms with E-state index in [4.69, 9.17) is 19.9 Å². The van der Waals surface area contributed by atoms with Gasteiger partial charge in [0.1, 0.15) is 5.69 Å². The molecule has 206 valence electrons. The molecule has 2 N–H and O–H groups in total. The number of rotatable bonds is 10. The van der Waals surface area contributed by atoms with Gasteiger partial charge < -0.3 is 24.3 Å². The van der Waals surface area contributed by atoms with Crippen LogP contribution in [0.5, 0.6) is 0 Å². The van der Waals surface area contributed by atoms with Gasteiger partial charge in [0.2, 0.25) is 5.95 Å². The molecule has 1 saturated heterocycles. The first-order valence-corrected chi connectivity index (χ1v) is 12.5. The summed E-state index contributed by atoms with van der Waals surface area (Å²) in [6.45, 7) is 7.59. The van der Waals surface area contributed by atoms with Crippen LogP contribution in [-0.4, -0.2) is 105 Å². The smallest absolute Gasteiger partial charge is 0.277 e. The number of carbonyl (C=O) groups is 1. The summed E-state index contributed by atoms with van der Waals surface area (Å²) in [6, 6.07) is 8.12. The number of nitrogens with one attached hydrogen (secondary N) is 1. The van der Waals surface area contributed by atoms with E-state index < -0.39 is 5.91 Å². The van der Waals surface area contributed by atoms with Crippen molar-refractivity contribution < 1.29 is 14.7 Å². The number of hydrogen-bond acceptors (Lipinski definition) is 12. The maximum atomic E-state index is 11.5. The third kappa shape index (κ3) is 6.38. The fourth-order valence-corrected chi connectivity index (χ4v) is 4.08. The van der Waals surface area contributed by atoms with Crippen molar-refractivity contribution >= 4 is 41.6 Å². The lowest BCUT2D eigenvalue weighted by atomic mass is 10.2. The Labute approximate surface area is 227 Å². The summed E-state index contributed by atoms with van der Waals surface area (Å²) in [5.74, 6) is 1.77. The molecule has 4 rings (SSSR count). The highest BCUT2D eigenvalue weighted by Crippen LogP contribution is 2.37. The number of morpholine rings is 1. The van der Waals surface area contributed by atoms with E-state index in [0.717, 1.165) is 17.1 Å². The van der Waals surface area contributed by atoms with Crippen LogP contribution in [0.1, 0.15) is 10.4 Å². The van der Waals surface area contributed by atoms with Gasteiger partial charge in [0, 0.05) is 78.0 Å². The summed E-state index contributed by atoms with van der Waals surface area (Å²) in [5.41, 5.74) is 4.34. The molecular formula is C26H34N10O3. The minimum atomic E-state index is -0.666. The number of benzene rings is 1. The Kier molecular flexibility index (Phi) is 8.84. The summed E-state index contributed by atoms with van der Waals surface area (Å²) < 4.78 is 5.56. The number of carbonyl (C=O) groups excluding carboxylic acids is 1. The van der Waals surface area contributed by atoms with Crippen LogP contribution in [0.4, 0.5) is 29.0 Å². The van der Waals surface area contributed by atoms with Gasteiger partial charge in [-0.1, -0.05) is 0 Å². The molecule has 0 aliphatic carbocycles. The quantitative estimate of drug-likeness (QED) is 0.224. The van der Waals surface area contributed by atoms with Gasteiger partial charge in [-0.05, 0) is 31.0 Å². The van der Waals surface area contributed by atoms with E-state index in [1.807, 2.05) is 67.2 Å². The maximum Gasteiger partial charge on any atom is 0.277 e. The first kappa shape index (κ1) is 27.7. The molecule has 13 nitrogen and oxygen atoms in total. The van der Waals surface area contributed by atoms with Crippen molar-refractivity contribution in [2.75, 3.05) is 87.2 Å². The monoisotopic (exact) mass is 534 g/mol. The second-order valence-corrected chi connectivity index (χ2v) is 9.30. The van der Waals surface area contributed by atoms with Crippen LogP contribution in [0.25, 0.3) is 11.4 Å². The number of nitrogens with zero attached hydrogens (tertiary/aromatic N) is 9. The third-order valence-corrected chi connectivity index (χ3v) is 6.43. The van der Waals surface area contributed by atoms with Crippen LogP contribution >= 0.6 is 0 Å². The molecule has 3 aromatic rings. The predicted octanol–water partition coefficient (Wildman–Crippen LogP) is 1.86.